The third-order valence-electron chi connectivity index (χ3n) is 4.94. The highest BCUT2D eigenvalue weighted by molar-refractivity contribution is 5.89. The molecule has 0 bridgehead atoms. The fourth-order valence-corrected chi connectivity index (χ4v) is 3.36. The molecule has 5 N–H and O–H groups in total. The Kier molecular flexibility index (Phi) is 12.4. The SMILES string of the molecule is Cl.Cl.Cl.NCCCNc1n[nH]c(-c2ccc(F)cc2)c1-c1ccnc(NCc2ccccc2)c1. The second kappa shape index (κ2) is 14.4. The van der Waals surface area contributed by atoms with E-state index in [1.807, 2.05) is 30.3 Å². The highest BCUT2D eigenvalue weighted by Gasteiger charge is 2.17. The molecule has 2 heterocycles. The Labute approximate surface area is 217 Å². The first-order valence-corrected chi connectivity index (χ1v) is 10.3. The number of nitrogens with zero attached hydrogens (tertiary/aromatic N) is 2. The van der Waals surface area contributed by atoms with Gasteiger partial charge in [0.25, 0.3) is 0 Å². The van der Waals surface area contributed by atoms with Crippen LogP contribution >= 0.6 is 37.2 Å². The molecule has 4 rings (SSSR count). The van der Waals surface area contributed by atoms with E-state index in [0.29, 0.717) is 19.6 Å². The number of hydrogen-bond acceptors (Lipinski definition) is 5. The van der Waals surface area contributed by atoms with Crippen LogP contribution < -0.4 is 16.4 Å². The molecule has 6 nitrogen and oxygen atoms in total. The highest BCUT2D eigenvalue weighted by atomic mass is 35.5. The van der Waals surface area contributed by atoms with Gasteiger partial charge in [0.15, 0.2) is 5.82 Å². The number of aromatic nitrogens is 3. The van der Waals surface area contributed by atoms with Gasteiger partial charge in [-0.05, 0) is 60.5 Å². The number of aromatic amines is 1. The van der Waals surface area contributed by atoms with E-state index in [4.69, 9.17) is 5.73 Å². The topological polar surface area (TPSA) is 91.6 Å². The number of halogens is 4. The van der Waals surface area contributed by atoms with Gasteiger partial charge in [0.05, 0.1) is 11.3 Å². The summed E-state index contributed by atoms with van der Waals surface area (Å²) >= 11 is 0. The molecule has 0 aliphatic rings. The predicted octanol–water partition coefficient (Wildman–Crippen LogP) is 5.92. The van der Waals surface area contributed by atoms with Crippen LogP contribution in [0.15, 0.2) is 72.9 Å². The van der Waals surface area contributed by atoms with Gasteiger partial charge in [0, 0.05) is 24.8 Å². The monoisotopic (exact) mass is 524 g/mol. The number of nitrogens with two attached hydrogens (primary N) is 1. The Morgan fingerprint density at radius 1 is 0.882 bits per heavy atom. The molecule has 0 aliphatic carbocycles. The molecule has 182 valence electrons. The van der Waals surface area contributed by atoms with E-state index in [1.165, 1.54) is 17.7 Å². The van der Waals surface area contributed by atoms with E-state index in [-0.39, 0.29) is 43.0 Å². The molecule has 0 unspecified atom stereocenters. The second-order valence-electron chi connectivity index (χ2n) is 7.17. The van der Waals surface area contributed by atoms with Gasteiger partial charge in [-0.2, -0.15) is 5.10 Å². The van der Waals surface area contributed by atoms with Crippen LogP contribution in [0.1, 0.15) is 12.0 Å². The lowest BCUT2D eigenvalue weighted by Gasteiger charge is -2.11. The van der Waals surface area contributed by atoms with Crippen LogP contribution in [0.4, 0.5) is 16.0 Å². The van der Waals surface area contributed by atoms with Crippen LogP contribution in [0.25, 0.3) is 22.4 Å². The minimum Gasteiger partial charge on any atom is -0.368 e. The van der Waals surface area contributed by atoms with Crippen molar-refractivity contribution in [3.8, 4) is 22.4 Å². The van der Waals surface area contributed by atoms with Crippen LogP contribution in [0.2, 0.25) is 0 Å². The minimum absolute atomic E-state index is 0. The molecule has 0 saturated heterocycles. The largest absolute Gasteiger partial charge is 0.368 e. The van der Waals surface area contributed by atoms with Gasteiger partial charge in [0.1, 0.15) is 11.6 Å². The maximum absolute atomic E-state index is 13.4. The van der Waals surface area contributed by atoms with Gasteiger partial charge in [-0.3, -0.25) is 5.10 Å². The molecule has 4 aromatic rings. The Morgan fingerprint density at radius 3 is 2.32 bits per heavy atom. The van der Waals surface area contributed by atoms with Crippen molar-refractivity contribution in [2.45, 2.75) is 13.0 Å². The summed E-state index contributed by atoms with van der Waals surface area (Å²) in [5.74, 6) is 1.22. The molecule has 0 atom stereocenters. The number of benzene rings is 2. The fourth-order valence-electron chi connectivity index (χ4n) is 3.36. The van der Waals surface area contributed by atoms with E-state index in [9.17, 15) is 4.39 Å². The Hall–Kier alpha value is -2.84. The average Bonchev–Trinajstić information content (AvgIpc) is 3.23. The van der Waals surface area contributed by atoms with Crippen molar-refractivity contribution in [2.24, 2.45) is 5.73 Å². The molecule has 2 aromatic heterocycles. The minimum atomic E-state index is -0.276. The number of nitrogens with one attached hydrogen (secondary N) is 3. The van der Waals surface area contributed by atoms with Gasteiger partial charge in [-0.15, -0.1) is 37.2 Å². The zero-order valence-corrected chi connectivity index (χ0v) is 20.8. The van der Waals surface area contributed by atoms with Crippen molar-refractivity contribution in [2.75, 3.05) is 23.7 Å². The van der Waals surface area contributed by atoms with E-state index >= 15 is 0 Å². The highest BCUT2D eigenvalue weighted by Crippen LogP contribution is 2.36. The number of pyridine rings is 1. The van der Waals surface area contributed by atoms with Gasteiger partial charge < -0.3 is 16.4 Å². The summed E-state index contributed by atoms with van der Waals surface area (Å²) in [6.45, 7) is 1.98. The first-order chi connectivity index (χ1) is 15.2. The molecule has 0 amide bonds. The summed E-state index contributed by atoms with van der Waals surface area (Å²) in [7, 11) is 0. The molecule has 0 saturated carbocycles. The summed E-state index contributed by atoms with van der Waals surface area (Å²) in [6, 6.07) is 20.5. The third kappa shape index (κ3) is 7.33. The molecular weight excluding hydrogens is 498 g/mol. The van der Waals surface area contributed by atoms with E-state index in [1.54, 1.807) is 18.3 Å². The Bertz CT molecular complexity index is 1120. The van der Waals surface area contributed by atoms with E-state index in [0.717, 1.165) is 40.4 Å². The first kappa shape index (κ1) is 29.2. The molecule has 0 radical (unpaired) electrons. The molecule has 0 fully saturated rings. The third-order valence-corrected chi connectivity index (χ3v) is 4.94. The van der Waals surface area contributed by atoms with Crippen LogP contribution in [-0.4, -0.2) is 28.3 Å². The normalized spacial score (nSPS) is 9.82. The lowest BCUT2D eigenvalue weighted by molar-refractivity contribution is 0.628. The van der Waals surface area contributed by atoms with Crippen molar-refractivity contribution in [3.63, 3.8) is 0 Å². The molecule has 2 aromatic carbocycles. The lowest BCUT2D eigenvalue weighted by atomic mass is 10.0. The van der Waals surface area contributed by atoms with Crippen molar-refractivity contribution in [1.29, 1.82) is 0 Å². The number of rotatable bonds is 9. The number of anilines is 2. The summed E-state index contributed by atoms with van der Waals surface area (Å²) in [5, 5.41) is 14.3. The lowest BCUT2D eigenvalue weighted by Crippen LogP contribution is -2.09. The van der Waals surface area contributed by atoms with Gasteiger partial charge in [-0.25, -0.2) is 9.37 Å². The first-order valence-electron chi connectivity index (χ1n) is 10.3. The molecule has 0 aliphatic heterocycles. The van der Waals surface area contributed by atoms with Crippen molar-refractivity contribution < 1.29 is 4.39 Å². The van der Waals surface area contributed by atoms with Crippen LogP contribution in [0.3, 0.4) is 0 Å². The Balaban J connectivity index is 0.00000193. The number of hydrogen-bond donors (Lipinski definition) is 4. The maximum atomic E-state index is 13.4. The number of H-pyrrole nitrogens is 1. The molecular formula is C24H28Cl3FN6. The van der Waals surface area contributed by atoms with Crippen LogP contribution in [0.5, 0.6) is 0 Å². The van der Waals surface area contributed by atoms with Crippen LogP contribution in [-0.2, 0) is 6.54 Å². The van der Waals surface area contributed by atoms with E-state index in [2.05, 4.69) is 37.9 Å². The predicted molar refractivity (Wildman–Crippen MR) is 145 cm³/mol. The smallest absolute Gasteiger partial charge is 0.156 e. The van der Waals surface area contributed by atoms with Crippen LogP contribution in [0, 0.1) is 5.82 Å². The Morgan fingerprint density at radius 2 is 1.62 bits per heavy atom. The summed E-state index contributed by atoms with van der Waals surface area (Å²) in [6.07, 6.45) is 2.60. The van der Waals surface area contributed by atoms with Crippen molar-refractivity contribution >= 4 is 48.9 Å². The van der Waals surface area contributed by atoms with Crippen molar-refractivity contribution in [1.82, 2.24) is 15.2 Å². The van der Waals surface area contributed by atoms with Gasteiger partial charge in [0.2, 0.25) is 0 Å². The maximum Gasteiger partial charge on any atom is 0.156 e. The summed E-state index contributed by atoms with van der Waals surface area (Å²) in [5.41, 5.74) is 10.3. The zero-order valence-electron chi connectivity index (χ0n) is 18.3. The molecule has 34 heavy (non-hydrogen) atoms. The average molecular weight is 526 g/mol. The van der Waals surface area contributed by atoms with Crippen molar-refractivity contribution in [3.05, 3.63) is 84.3 Å². The standard InChI is InChI=1S/C24H25FN6.3ClH/c25-20-9-7-18(8-10-20)23-22(24(31-30-23)28-13-4-12-26)19-11-14-27-21(15-19)29-16-17-5-2-1-3-6-17;;;/h1-3,5-11,14-15H,4,12-13,16,26H2,(H,27,29)(H2,28,30,31);3*1H. The second-order valence-corrected chi connectivity index (χ2v) is 7.17. The quantitative estimate of drug-likeness (QED) is 0.204. The summed E-state index contributed by atoms with van der Waals surface area (Å²) < 4.78 is 13.4. The molecule has 0 spiro atoms. The molecule has 10 heteroatoms. The van der Waals surface area contributed by atoms with Gasteiger partial charge >= 0.3 is 0 Å². The van der Waals surface area contributed by atoms with E-state index < -0.39 is 0 Å². The zero-order chi connectivity index (χ0) is 21.5. The fraction of sp³-hybridized carbons (Fsp3) is 0.167. The van der Waals surface area contributed by atoms with Gasteiger partial charge in [-0.1, -0.05) is 30.3 Å². The summed E-state index contributed by atoms with van der Waals surface area (Å²) in [4.78, 5) is 4.46.